The van der Waals surface area contributed by atoms with Crippen LogP contribution in [0.25, 0.3) is 48.6 Å². The molecule has 0 unspecified atom stereocenters. The molecular formula is C126H104Cl8O12P2. The summed E-state index contributed by atoms with van der Waals surface area (Å²) in [5.74, 6) is 5.30. The van der Waals surface area contributed by atoms with Crippen molar-refractivity contribution in [1.29, 1.82) is 0 Å². The van der Waals surface area contributed by atoms with Gasteiger partial charge in [-0.2, -0.15) is 0 Å². The molecule has 16 rings (SSSR count). The summed E-state index contributed by atoms with van der Waals surface area (Å²) in [6.45, 7) is 33.6. The van der Waals surface area contributed by atoms with Crippen LogP contribution in [0.4, 0.5) is 0 Å². The van der Waals surface area contributed by atoms with E-state index in [2.05, 4.69) is 52.6 Å². The lowest BCUT2D eigenvalue weighted by molar-refractivity contribution is 0.281. The van der Waals surface area contributed by atoms with Gasteiger partial charge in [0.15, 0.2) is 23.0 Å². The van der Waals surface area contributed by atoms with Gasteiger partial charge in [-0.25, -0.2) is 0 Å². The van der Waals surface area contributed by atoms with Crippen molar-refractivity contribution in [2.75, 3.05) is 12.3 Å². The Morgan fingerprint density at radius 3 is 0.399 bits per heavy atom. The van der Waals surface area contributed by atoms with E-state index in [0.29, 0.717) is 80.6 Å². The predicted molar refractivity (Wildman–Crippen MR) is 618 cm³/mol. The van der Waals surface area contributed by atoms with E-state index in [4.69, 9.17) is 150 Å². The summed E-state index contributed by atoms with van der Waals surface area (Å²) in [5.41, 5.74) is 18.4. The zero-order valence-electron chi connectivity index (χ0n) is 81.0. The van der Waals surface area contributed by atoms with Crippen LogP contribution in [0, 0.1) is 0 Å². The molecule has 0 saturated carbocycles. The van der Waals surface area contributed by atoms with Gasteiger partial charge in [0.2, 0.25) is 0 Å². The van der Waals surface area contributed by atoms with E-state index in [9.17, 15) is 0 Å². The fraction of sp³-hybridized carbons (Fsp3) is 0.111. The first-order valence-corrected chi connectivity index (χ1v) is 53.5. The number of halogens is 8. The highest BCUT2D eigenvalue weighted by molar-refractivity contribution is 7.76. The molecule has 12 nitrogen and oxygen atoms in total. The minimum atomic E-state index is -1.63. The van der Waals surface area contributed by atoms with Crippen LogP contribution >= 0.6 is 109 Å². The van der Waals surface area contributed by atoms with E-state index in [-0.39, 0.29) is 142 Å². The zero-order chi connectivity index (χ0) is 103. The Bertz CT molecular complexity index is 6150. The van der Waals surface area contributed by atoms with Crippen molar-refractivity contribution in [3.05, 3.63) is 520 Å². The van der Waals surface area contributed by atoms with Crippen LogP contribution in [0.2, 0.25) is 40.2 Å². The Labute approximate surface area is 908 Å². The number of hydrogen-bond donors (Lipinski definition) is 0. The fourth-order valence-electron chi connectivity index (χ4n) is 15.9. The molecule has 0 aliphatic rings. The van der Waals surface area contributed by atoms with Crippen LogP contribution in [-0.4, -0.2) is 12.3 Å². The van der Waals surface area contributed by atoms with Gasteiger partial charge in [-0.3, -0.25) is 0 Å². The van der Waals surface area contributed by atoms with Gasteiger partial charge in [0, 0.05) is 24.3 Å². The van der Waals surface area contributed by atoms with Gasteiger partial charge in [-0.05, 0) is 258 Å². The molecule has 148 heavy (non-hydrogen) atoms. The van der Waals surface area contributed by atoms with Gasteiger partial charge < -0.3 is 56.8 Å². The first-order chi connectivity index (χ1) is 72.0. The molecule has 22 heteroatoms. The maximum absolute atomic E-state index is 7.63. The topological polar surface area (TPSA) is 111 Å². The van der Waals surface area contributed by atoms with Gasteiger partial charge in [0.25, 0.3) is 0 Å². The quantitative estimate of drug-likeness (QED) is 0.0339. The van der Waals surface area contributed by atoms with Crippen LogP contribution in [0.5, 0.6) is 69.0 Å². The average Bonchev–Trinajstić information content (AvgIpc) is 0.780. The van der Waals surface area contributed by atoms with Crippen molar-refractivity contribution >= 4 is 178 Å². The van der Waals surface area contributed by atoms with E-state index in [1.807, 2.05) is 315 Å². The van der Waals surface area contributed by atoms with Gasteiger partial charge >= 0.3 is 0 Å². The minimum absolute atomic E-state index is 0.00101. The lowest BCUT2D eigenvalue weighted by Crippen LogP contribution is -2.21. The minimum Gasteiger partial charge on any atom is -0.489 e. The molecule has 0 radical (unpaired) electrons. The van der Waals surface area contributed by atoms with Gasteiger partial charge in [-0.15, -0.1) is 0 Å². The number of rotatable bonds is 51. The molecule has 0 spiro atoms. The molecule has 0 bridgehead atoms. The van der Waals surface area contributed by atoms with E-state index in [1.165, 1.54) is 0 Å². The van der Waals surface area contributed by atoms with Gasteiger partial charge in [0.05, 0.1) is 40.2 Å². The van der Waals surface area contributed by atoms with Crippen molar-refractivity contribution in [2.24, 2.45) is 0 Å². The van der Waals surface area contributed by atoms with Crippen LogP contribution in [0.15, 0.2) is 368 Å². The summed E-state index contributed by atoms with van der Waals surface area (Å²) >= 11 is 61.1. The summed E-state index contributed by atoms with van der Waals surface area (Å²) in [5, 5.41) is 4.70. The molecule has 16 aromatic rings. The maximum Gasteiger partial charge on any atom is 0.157 e. The Hall–Kier alpha value is -13.8. The van der Waals surface area contributed by atoms with Crippen LogP contribution in [-0.2, 0) is 79.3 Å². The molecular weight excluding hydrogens is 2050 g/mol. The monoisotopic (exact) mass is 2150 g/mol. The van der Waals surface area contributed by atoms with Crippen LogP contribution < -0.4 is 78.1 Å². The third kappa shape index (κ3) is 30.1. The van der Waals surface area contributed by atoms with Crippen molar-refractivity contribution < 1.29 is 56.8 Å². The largest absolute Gasteiger partial charge is 0.489 e. The SMILES string of the molecule is C=Cc1ccc(COc2cc(COc3c(Cl)cc(P(CCP(c4cc(Cl)c(OCc5cc(OCc6ccc(C=C)cc6)cc(OCc6ccc(C=C)cc6)c5)c(Cl)c4)c4cc(Cl)c(OCc5cc(OCc6ccc(C=C)cc6)cc(OCc6ccc(C=C)cc6)c5)c(Cl)c4)c4cc(Cl)c(OCc5cc(OCc6ccc(C=C)cc6)cc(OCc6ccc(C=C)cc6)c5)c(Cl)c4)cc3Cl)cc(OCc3ccc(C=C)cc3)c2)cc1. The number of ether oxygens (including phenoxy) is 12. The normalized spacial score (nSPS) is 11.0. The second-order valence-corrected chi connectivity index (χ2v) is 42.5. The predicted octanol–water partition coefficient (Wildman–Crippen LogP) is 34.6. The summed E-state index contributed by atoms with van der Waals surface area (Å²) in [6.07, 6.45) is 15.2. The van der Waals surface area contributed by atoms with E-state index < -0.39 is 15.8 Å². The van der Waals surface area contributed by atoms with Crippen molar-refractivity contribution in [3.63, 3.8) is 0 Å². The summed E-state index contributed by atoms with van der Waals surface area (Å²) in [7, 11) is -3.26. The van der Waals surface area contributed by atoms with Crippen LogP contribution in [0.1, 0.15) is 111 Å². The standard InChI is InChI=1S/C126H104Cl8O12P2/c1-9-83-17-33-91(34-18-83)71-135-103-51-99(52-104(59-103)136-72-92-35-19-84(10-2)20-36-92)79-143-123-115(127)63-111(64-116(123)128)147(112-65-117(129)124(118(130)66-112)144-80-100-53-105(137-73-93-37-21-85(11-3)22-38-93)60-106(54-100)138-74-94-39-23-86(12-4)24-40-94)49-50-148(113-67-119(131)125(120(132)68-113)145-81-101-55-107(139-75-95-41-25-87(13-5)26-42-95)61-108(56-101)140-76-96-43-27-88(14-6)28-44-96)114-69-121(133)126(122(134)70-114)146-82-102-57-109(141-77-97-45-29-89(15-7)30-46-97)62-110(58-102)142-78-98-47-31-90(16-8)32-48-98/h9-48,51-70H,1-8,49-50,71-82H2. The highest BCUT2D eigenvalue weighted by Gasteiger charge is 2.29. The smallest absolute Gasteiger partial charge is 0.157 e. The molecule has 746 valence electrons. The molecule has 0 saturated heterocycles. The fourth-order valence-corrected chi connectivity index (χ4v) is 24.4. The molecule has 0 aliphatic heterocycles. The van der Waals surface area contributed by atoms with E-state index in [0.717, 1.165) is 110 Å². The van der Waals surface area contributed by atoms with E-state index >= 15 is 0 Å². The summed E-state index contributed by atoms with van der Waals surface area (Å²) in [4.78, 5) is 0. The lowest BCUT2D eigenvalue weighted by Gasteiger charge is -2.26. The van der Waals surface area contributed by atoms with Crippen molar-refractivity contribution in [3.8, 4) is 69.0 Å². The highest BCUT2D eigenvalue weighted by Crippen LogP contribution is 2.50. The molecule has 0 aromatic heterocycles. The van der Waals surface area contributed by atoms with Gasteiger partial charge in [-0.1, -0.05) is 388 Å². The number of benzene rings is 16. The highest BCUT2D eigenvalue weighted by atomic mass is 35.5. The first-order valence-electron chi connectivity index (χ1n) is 47.4. The molecule has 0 atom stereocenters. The van der Waals surface area contributed by atoms with Crippen molar-refractivity contribution in [2.45, 2.75) is 79.3 Å². The lowest BCUT2D eigenvalue weighted by atomic mass is 10.1. The Morgan fingerprint density at radius 2 is 0.277 bits per heavy atom. The zero-order valence-corrected chi connectivity index (χ0v) is 88.9. The maximum atomic E-state index is 7.63. The molecule has 0 heterocycles. The second-order valence-electron chi connectivity index (χ2n) is 34.5. The Kier molecular flexibility index (Phi) is 38.1. The number of hydrogen-bond acceptors (Lipinski definition) is 12. The Balaban J connectivity index is 0.750. The summed E-state index contributed by atoms with van der Waals surface area (Å²) < 4.78 is 78.9. The third-order valence-corrected chi connectivity index (χ3v) is 31.5. The molecule has 16 aromatic carbocycles. The van der Waals surface area contributed by atoms with Gasteiger partial charge in [0.1, 0.15) is 125 Å². The van der Waals surface area contributed by atoms with Crippen LogP contribution in [0.3, 0.4) is 0 Å². The molecule has 0 amide bonds. The third-order valence-electron chi connectivity index (χ3n) is 24.0. The van der Waals surface area contributed by atoms with Crippen molar-refractivity contribution in [1.82, 2.24) is 0 Å². The average molecular weight is 2160 g/mol. The Morgan fingerprint density at radius 1 is 0.155 bits per heavy atom. The molecule has 0 aliphatic carbocycles. The molecule has 0 fully saturated rings. The van der Waals surface area contributed by atoms with E-state index in [1.54, 1.807) is 48.6 Å². The first kappa shape index (κ1) is 107. The molecule has 0 N–H and O–H groups in total. The second kappa shape index (κ2) is 52.7. The summed E-state index contributed by atoms with van der Waals surface area (Å²) in [6, 6.07) is 102.